The van der Waals surface area contributed by atoms with Gasteiger partial charge in [-0.05, 0) is 30.8 Å². The van der Waals surface area contributed by atoms with Gasteiger partial charge in [-0.2, -0.15) is 0 Å². The maximum atomic E-state index is 12.5. The van der Waals surface area contributed by atoms with Crippen molar-refractivity contribution in [1.29, 1.82) is 0 Å². The van der Waals surface area contributed by atoms with Crippen molar-refractivity contribution < 1.29 is 4.79 Å². The molecule has 6 heteroatoms. The monoisotopic (exact) mass is 325 g/mol. The number of hydrogen-bond acceptors (Lipinski definition) is 5. The van der Waals surface area contributed by atoms with Crippen molar-refractivity contribution in [2.45, 2.75) is 6.92 Å². The van der Waals surface area contributed by atoms with Crippen molar-refractivity contribution in [3.8, 4) is 0 Å². The van der Waals surface area contributed by atoms with Crippen molar-refractivity contribution >= 4 is 17.4 Å². The van der Waals surface area contributed by atoms with Crippen LogP contribution in [0.3, 0.4) is 0 Å². The minimum Gasteiger partial charge on any atom is -0.335 e. The summed E-state index contributed by atoms with van der Waals surface area (Å²) < 4.78 is 0. The van der Waals surface area contributed by atoms with Crippen LogP contribution < -0.4 is 4.90 Å². The first-order valence-electron chi connectivity index (χ1n) is 8.33. The Balaban J connectivity index is 1.67. The van der Waals surface area contributed by atoms with E-state index in [2.05, 4.69) is 22.0 Å². The number of aromatic nitrogens is 2. The quantitative estimate of drug-likeness (QED) is 0.861. The number of hydrogen-bond donors (Lipinski definition) is 0. The third-order valence-corrected chi connectivity index (χ3v) is 4.46. The summed E-state index contributed by atoms with van der Waals surface area (Å²) in [4.78, 5) is 18.7. The van der Waals surface area contributed by atoms with E-state index < -0.39 is 0 Å². The maximum Gasteiger partial charge on any atom is 0.274 e. The van der Waals surface area contributed by atoms with Crippen LogP contribution in [-0.4, -0.2) is 65.7 Å². The first-order valence-corrected chi connectivity index (χ1v) is 8.33. The number of piperazine rings is 1. The van der Waals surface area contributed by atoms with Crippen LogP contribution in [0.25, 0.3) is 0 Å². The van der Waals surface area contributed by atoms with Crippen LogP contribution in [0.1, 0.15) is 17.4 Å². The second-order valence-corrected chi connectivity index (χ2v) is 5.90. The summed E-state index contributed by atoms with van der Waals surface area (Å²) in [6.07, 6.45) is 0. The van der Waals surface area contributed by atoms with E-state index in [0.29, 0.717) is 11.5 Å². The zero-order chi connectivity index (χ0) is 16.9. The van der Waals surface area contributed by atoms with Gasteiger partial charge < -0.3 is 14.7 Å². The van der Waals surface area contributed by atoms with Gasteiger partial charge in [0.2, 0.25) is 0 Å². The number of para-hydroxylation sites is 1. The lowest BCUT2D eigenvalue weighted by atomic mass is 10.2. The summed E-state index contributed by atoms with van der Waals surface area (Å²) in [5.74, 6) is 0.681. The van der Waals surface area contributed by atoms with E-state index in [0.717, 1.165) is 38.4 Å². The predicted molar refractivity (Wildman–Crippen MR) is 94.6 cm³/mol. The largest absolute Gasteiger partial charge is 0.335 e. The molecule has 1 fully saturated rings. The molecule has 0 bridgehead atoms. The van der Waals surface area contributed by atoms with Crippen LogP contribution in [0.5, 0.6) is 0 Å². The molecular formula is C18H23N5O. The number of amides is 1. The highest BCUT2D eigenvalue weighted by atomic mass is 16.2. The van der Waals surface area contributed by atoms with Crippen LogP contribution >= 0.6 is 0 Å². The van der Waals surface area contributed by atoms with Gasteiger partial charge in [-0.15, -0.1) is 10.2 Å². The molecule has 1 saturated heterocycles. The molecule has 0 N–H and O–H groups in total. The zero-order valence-corrected chi connectivity index (χ0v) is 14.2. The number of nitrogens with zero attached hydrogens (tertiary/aromatic N) is 5. The molecule has 6 nitrogen and oxygen atoms in total. The molecule has 0 radical (unpaired) electrons. The SMILES string of the molecule is CCN1CCN(C(=O)c2ccc(N(C)c3ccccc3)nn2)CC1. The van der Waals surface area contributed by atoms with E-state index in [9.17, 15) is 4.79 Å². The van der Waals surface area contributed by atoms with E-state index in [1.54, 1.807) is 6.07 Å². The Labute approximate surface area is 142 Å². The summed E-state index contributed by atoms with van der Waals surface area (Å²) >= 11 is 0. The Morgan fingerprint density at radius 3 is 2.33 bits per heavy atom. The van der Waals surface area contributed by atoms with Crippen molar-refractivity contribution in [3.05, 3.63) is 48.2 Å². The van der Waals surface area contributed by atoms with Crippen LogP contribution in [-0.2, 0) is 0 Å². The molecule has 3 rings (SSSR count). The zero-order valence-electron chi connectivity index (χ0n) is 14.2. The lowest BCUT2D eigenvalue weighted by Crippen LogP contribution is -2.48. The van der Waals surface area contributed by atoms with Gasteiger partial charge in [-0.3, -0.25) is 4.79 Å². The topological polar surface area (TPSA) is 52.6 Å². The Morgan fingerprint density at radius 2 is 1.75 bits per heavy atom. The van der Waals surface area contributed by atoms with Gasteiger partial charge in [0.1, 0.15) is 0 Å². The molecule has 1 aliphatic rings. The molecule has 1 aromatic heterocycles. The first kappa shape index (κ1) is 16.4. The number of likely N-dealkylation sites (N-methyl/N-ethyl adjacent to an activating group) is 1. The highest BCUT2D eigenvalue weighted by Gasteiger charge is 2.22. The summed E-state index contributed by atoms with van der Waals surface area (Å²) in [6.45, 7) is 6.52. The van der Waals surface area contributed by atoms with E-state index >= 15 is 0 Å². The van der Waals surface area contributed by atoms with Crippen molar-refractivity contribution in [1.82, 2.24) is 20.0 Å². The number of benzene rings is 1. The summed E-state index contributed by atoms with van der Waals surface area (Å²) in [5.41, 5.74) is 1.44. The van der Waals surface area contributed by atoms with E-state index in [1.165, 1.54) is 0 Å². The van der Waals surface area contributed by atoms with E-state index in [-0.39, 0.29) is 5.91 Å². The average molecular weight is 325 g/mol. The van der Waals surface area contributed by atoms with Gasteiger partial charge in [-0.1, -0.05) is 25.1 Å². The fraction of sp³-hybridized carbons (Fsp3) is 0.389. The van der Waals surface area contributed by atoms with Gasteiger partial charge in [0.05, 0.1) is 0 Å². The lowest BCUT2D eigenvalue weighted by Gasteiger charge is -2.33. The number of anilines is 2. The van der Waals surface area contributed by atoms with Crippen molar-refractivity contribution in [3.63, 3.8) is 0 Å². The molecule has 2 heterocycles. The first-order chi connectivity index (χ1) is 11.7. The Kier molecular flexibility index (Phi) is 5.05. The van der Waals surface area contributed by atoms with Gasteiger partial charge in [0.25, 0.3) is 5.91 Å². The fourth-order valence-electron chi connectivity index (χ4n) is 2.83. The molecule has 0 unspecified atom stereocenters. The third-order valence-electron chi connectivity index (χ3n) is 4.46. The molecule has 0 spiro atoms. The average Bonchev–Trinajstić information content (AvgIpc) is 2.68. The maximum absolute atomic E-state index is 12.5. The smallest absolute Gasteiger partial charge is 0.274 e. The molecular weight excluding hydrogens is 302 g/mol. The molecule has 1 amide bonds. The second-order valence-electron chi connectivity index (χ2n) is 5.90. The minimum absolute atomic E-state index is 0.0350. The van der Waals surface area contributed by atoms with Crippen LogP contribution in [0.2, 0.25) is 0 Å². The van der Waals surface area contributed by atoms with E-state index in [4.69, 9.17) is 0 Å². The molecule has 24 heavy (non-hydrogen) atoms. The third kappa shape index (κ3) is 3.54. The van der Waals surface area contributed by atoms with Crippen molar-refractivity contribution in [2.24, 2.45) is 0 Å². The molecule has 2 aromatic rings. The van der Waals surface area contributed by atoms with Gasteiger partial charge in [-0.25, -0.2) is 0 Å². The Bertz CT molecular complexity index is 666. The minimum atomic E-state index is -0.0350. The summed E-state index contributed by atoms with van der Waals surface area (Å²) in [5, 5.41) is 8.36. The predicted octanol–water partition coefficient (Wildman–Crippen LogP) is 2.02. The second kappa shape index (κ2) is 7.40. The number of rotatable bonds is 4. The molecule has 1 aliphatic heterocycles. The summed E-state index contributed by atoms with van der Waals surface area (Å²) in [6, 6.07) is 13.6. The Morgan fingerprint density at radius 1 is 1.04 bits per heavy atom. The normalized spacial score (nSPS) is 15.3. The number of carbonyl (C=O) groups is 1. The van der Waals surface area contributed by atoms with Crippen LogP contribution in [0.4, 0.5) is 11.5 Å². The lowest BCUT2D eigenvalue weighted by molar-refractivity contribution is 0.0636. The van der Waals surface area contributed by atoms with Crippen LogP contribution in [0.15, 0.2) is 42.5 Å². The number of carbonyl (C=O) groups excluding carboxylic acids is 1. The molecule has 0 atom stereocenters. The van der Waals surface area contributed by atoms with Gasteiger partial charge in [0.15, 0.2) is 11.5 Å². The molecule has 126 valence electrons. The van der Waals surface area contributed by atoms with Crippen molar-refractivity contribution in [2.75, 3.05) is 44.7 Å². The summed E-state index contributed by atoms with van der Waals surface area (Å²) in [7, 11) is 1.94. The van der Waals surface area contributed by atoms with Gasteiger partial charge >= 0.3 is 0 Å². The Hall–Kier alpha value is -2.47. The highest BCUT2D eigenvalue weighted by molar-refractivity contribution is 5.92. The standard InChI is InChI=1S/C18H23N5O/c1-3-22-11-13-23(14-12-22)18(24)16-9-10-17(20-19-16)21(2)15-7-5-4-6-8-15/h4-10H,3,11-14H2,1-2H3. The van der Waals surface area contributed by atoms with E-state index in [1.807, 2.05) is 53.2 Å². The fourth-order valence-corrected chi connectivity index (χ4v) is 2.83. The molecule has 1 aromatic carbocycles. The van der Waals surface area contributed by atoms with Crippen LogP contribution in [0, 0.1) is 0 Å². The highest BCUT2D eigenvalue weighted by Crippen LogP contribution is 2.20. The molecule has 0 aliphatic carbocycles. The molecule has 0 saturated carbocycles. The van der Waals surface area contributed by atoms with Gasteiger partial charge in [0, 0.05) is 38.9 Å².